The van der Waals surface area contributed by atoms with Crippen LogP contribution in [-0.4, -0.2) is 16.0 Å². The van der Waals surface area contributed by atoms with Crippen LogP contribution in [0.15, 0.2) is 11.2 Å². The average Bonchev–Trinajstić information content (AvgIpc) is 2.28. The summed E-state index contributed by atoms with van der Waals surface area (Å²) in [6.07, 6.45) is 0. The number of hydrogen-bond donors (Lipinski definition) is 3. The van der Waals surface area contributed by atoms with Gasteiger partial charge in [-0.05, 0) is 19.9 Å². The first-order valence-electron chi connectivity index (χ1n) is 3.29. The highest BCUT2D eigenvalue weighted by Crippen LogP contribution is 2.07. The molecule has 4 heteroatoms. The molecule has 60 valence electrons. The minimum atomic E-state index is 0.145. The average molecular weight is 153 g/mol. The number of aryl methyl sites for hydroxylation is 2. The number of hydrogen-bond acceptors (Lipinski definition) is 2. The second-order valence-electron chi connectivity index (χ2n) is 2.48. The maximum absolute atomic E-state index is 8.37. The summed E-state index contributed by atoms with van der Waals surface area (Å²) in [7, 11) is 0. The Kier molecular flexibility index (Phi) is 1.85. The first kappa shape index (κ1) is 7.65. The van der Waals surface area contributed by atoms with Crippen LogP contribution >= 0.6 is 0 Å². The highest BCUT2D eigenvalue weighted by atomic mass is 16.4. The van der Waals surface area contributed by atoms with E-state index in [9.17, 15) is 0 Å². The quantitative estimate of drug-likeness (QED) is 0.241. The van der Waals surface area contributed by atoms with Gasteiger partial charge in [-0.3, -0.25) is 0 Å². The maximum Gasteiger partial charge on any atom is 0.171 e. The number of rotatable bonds is 1. The molecule has 0 saturated carbocycles. The van der Waals surface area contributed by atoms with Crippen molar-refractivity contribution >= 4 is 5.84 Å². The molecule has 1 aromatic heterocycles. The van der Waals surface area contributed by atoms with E-state index in [-0.39, 0.29) is 5.84 Å². The van der Waals surface area contributed by atoms with Gasteiger partial charge in [0, 0.05) is 17.0 Å². The highest BCUT2D eigenvalue weighted by molar-refractivity contribution is 5.98. The van der Waals surface area contributed by atoms with Crippen LogP contribution in [0, 0.1) is 13.8 Å². The van der Waals surface area contributed by atoms with Crippen molar-refractivity contribution < 1.29 is 5.21 Å². The number of amidine groups is 1. The first-order valence-corrected chi connectivity index (χ1v) is 3.29. The summed E-state index contributed by atoms with van der Waals surface area (Å²) < 4.78 is 0. The summed E-state index contributed by atoms with van der Waals surface area (Å²) in [5, 5.41) is 11.3. The molecule has 0 saturated heterocycles. The van der Waals surface area contributed by atoms with Crippen molar-refractivity contribution in [1.82, 2.24) is 4.98 Å². The molecule has 0 aliphatic carbocycles. The zero-order chi connectivity index (χ0) is 8.43. The lowest BCUT2D eigenvalue weighted by molar-refractivity contribution is 0.318. The molecule has 0 radical (unpaired) electrons. The molecule has 0 amide bonds. The normalized spacial score (nSPS) is 12.0. The predicted octanol–water partition coefficient (Wildman–Crippen LogP) is 0.726. The van der Waals surface area contributed by atoms with Crippen molar-refractivity contribution in [2.45, 2.75) is 13.8 Å². The summed E-state index contributed by atoms with van der Waals surface area (Å²) in [5.74, 6) is 0.145. The molecule has 4 nitrogen and oxygen atoms in total. The van der Waals surface area contributed by atoms with Crippen LogP contribution < -0.4 is 5.73 Å². The number of oxime groups is 1. The van der Waals surface area contributed by atoms with E-state index < -0.39 is 0 Å². The van der Waals surface area contributed by atoms with Gasteiger partial charge in [-0.1, -0.05) is 5.16 Å². The smallest absolute Gasteiger partial charge is 0.171 e. The summed E-state index contributed by atoms with van der Waals surface area (Å²) in [4.78, 5) is 3.05. The van der Waals surface area contributed by atoms with Crippen LogP contribution in [0.5, 0.6) is 0 Å². The van der Waals surface area contributed by atoms with E-state index in [0.717, 1.165) is 17.0 Å². The molecule has 0 spiro atoms. The van der Waals surface area contributed by atoms with Crippen molar-refractivity contribution in [2.75, 3.05) is 0 Å². The number of aromatic amines is 1. The Bertz CT molecular complexity index is 288. The minimum absolute atomic E-state index is 0.145. The Morgan fingerprint density at radius 1 is 1.64 bits per heavy atom. The fourth-order valence-corrected chi connectivity index (χ4v) is 1.04. The second kappa shape index (κ2) is 2.65. The Balaban J connectivity index is 3.13. The number of nitrogens with one attached hydrogen (secondary N) is 1. The highest BCUT2D eigenvalue weighted by Gasteiger charge is 2.05. The van der Waals surface area contributed by atoms with Gasteiger partial charge in [0.25, 0.3) is 0 Å². The van der Waals surface area contributed by atoms with E-state index in [0.29, 0.717) is 0 Å². The van der Waals surface area contributed by atoms with Crippen LogP contribution in [0.2, 0.25) is 0 Å². The van der Waals surface area contributed by atoms with E-state index in [1.807, 2.05) is 19.9 Å². The van der Waals surface area contributed by atoms with Crippen molar-refractivity contribution in [3.8, 4) is 0 Å². The molecule has 0 aliphatic heterocycles. The van der Waals surface area contributed by atoms with Gasteiger partial charge in [-0.2, -0.15) is 0 Å². The standard InChI is InChI=1S/C7H11N3O/c1-4-3-6(5(2)9-4)7(8)10-11/h3,9,11H,1-2H3,(H2,8,10). The molecule has 1 aromatic rings. The lowest BCUT2D eigenvalue weighted by Crippen LogP contribution is -2.13. The third-order valence-corrected chi connectivity index (χ3v) is 1.53. The first-order chi connectivity index (χ1) is 5.15. The number of H-pyrrole nitrogens is 1. The van der Waals surface area contributed by atoms with Crippen molar-refractivity contribution in [3.05, 3.63) is 23.0 Å². The Morgan fingerprint density at radius 3 is 2.64 bits per heavy atom. The fourth-order valence-electron chi connectivity index (χ4n) is 1.04. The van der Waals surface area contributed by atoms with Crippen LogP contribution in [0.3, 0.4) is 0 Å². The number of nitrogens with zero attached hydrogens (tertiary/aromatic N) is 1. The fraction of sp³-hybridized carbons (Fsp3) is 0.286. The molecular formula is C7H11N3O. The summed E-state index contributed by atoms with van der Waals surface area (Å²) in [5.41, 5.74) is 8.06. The topological polar surface area (TPSA) is 74.4 Å². The van der Waals surface area contributed by atoms with Gasteiger partial charge < -0.3 is 15.9 Å². The number of nitrogens with two attached hydrogens (primary N) is 1. The SMILES string of the molecule is Cc1cc(/C(N)=N/O)c(C)[nH]1. The molecule has 11 heavy (non-hydrogen) atoms. The maximum atomic E-state index is 8.37. The Labute approximate surface area is 64.7 Å². The molecule has 0 aliphatic rings. The summed E-state index contributed by atoms with van der Waals surface area (Å²) >= 11 is 0. The molecule has 4 N–H and O–H groups in total. The third kappa shape index (κ3) is 1.34. The molecule has 1 rings (SSSR count). The zero-order valence-electron chi connectivity index (χ0n) is 6.55. The monoisotopic (exact) mass is 153 g/mol. The van der Waals surface area contributed by atoms with Gasteiger partial charge in [0.2, 0.25) is 0 Å². The van der Waals surface area contributed by atoms with E-state index in [1.54, 1.807) is 0 Å². The van der Waals surface area contributed by atoms with Gasteiger partial charge >= 0.3 is 0 Å². The molecule has 0 unspecified atom stereocenters. The van der Waals surface area contributed by atoms with E-state index >= 15 is 0 Å². The zero-order valence-corrected chi connectivity index (χ0v) is 6.55. The van der Waals surface area contributed by atoms with E-state index in [4.69, 9.17) is 10.9 Å². The third-order valence-electron chi connectivity index (χ3n) is 1.53. The van der Waals surface area contributed by atoms with Crippen molar-refractivity contribution in [3.63, 3.8) is 0 Å². The lowest BCUT2D eigenvalue weighted by Gasteiger charge is -1.93. The Hall–Kier alpha value is -1.45. The molecule has 0 atom stereocenters. The van der Waals surface area contributed by atoms with Crippen LogP contribution in [0.25, 0.3) is 0 Å². The van der Waals surface area contributed by atoms with Crippen LogP contribution in [-0.2, 0) is 0 Å². The number of aromatic nitrogens is 1. The van der Waals surface area contributed by atoms with Gasteiger partial charge in [-0.15, -0.1) is 0 Å². The van der Waals surface area contributed by atoms with Gasteiger partial charge in [-0.25, -0.2) is 0 Å². The van der Waals surface area contributed by atoms with Crippen molar-refractivity contribution in [2.24, 2.45) is 10.9 Å². The minimum Gasteiger partial charge on any atom is -0.409 e. The summed E-state index contributed by atoms with van der Waals surface area (Å²) in [6, 6.07) is 1.84. The molecule has 1 heterocycles. The van der Waals surface area contributed by atoms with Crippen molar-refractivity contribution in [1.29, 1.82) is 0 Å². The van der Waals surface area contributed by atoms with Gasteiger partial charge in [0.05, 0.1) is 0 Å². The van der Waals surface area contributed by atoms with E-state index in [1.165, 1.54) is 0 Å². The van der Waals surface area contributed by atoms with Crippen LogP contribution in [0.4, 0.5) is 0 Å². The van der Waals surface area contributed by atoms with E-state index in [2.05, 4.69) is 10.1 Å². The van der Waals surface area contributed by atoms with Gasteiger partial charge in [0.15, 0.2) is 5.84 Å². The molecule has 0 fully saturated rings. The molecule has 0 bridgehead atoms. The van der Waals surface area contributed by atoms with Crippen LogP contribution in [0.1, 0.15) is 17.0 Å². The summed E-state index contributed by atoms with van der Waals surface area (Å²) in [6.45, 7) is 3.79. The molecule has 0 aromatic carbocycles. The second-order valence-corrected chi connectivity index (χ2v) is 2.48. The largest absolute Gasteiger partial charge is 0.409 e. The lowest BCUT2D eigenvalue weighted by atomic mass is 10.2. The predicted molar refractivity (Wildman–Crippen MR) is 42.8 cm³/mol. The Morgan fingerprint density at radius 2 is 2.27 bits per heavy atom. The molecular weight excluding hydrogens is 142 g/mol. The van der Waals surface area contributed by atoms with Gasteiger partial charge in [0.1, 0.15) is 0 Å².